The average molecular weight is 363 g/mol. The molecule has 0 aliphatic carbocycles. The number of nitrogens with zero attached hydrogens (tertiary/aromatic N) is 3. The predicted molar refractivity (Wildman–Crippen MR) is 95.5 cm³/mol. The lowest BCUT2D eigenvalue weighted by atomic mass is 9.71. The van der Waals surface area contributed by atoms with Crippen molar-refractivity contribution in [1.29, 1.82) is 0 Å². The van der Waals surface area contributed by atoms with Gasteiger partial charge in [0.15, 0.2) is 0 Å². The van der Waals surface area contributed by atoms with E-state index >= 15 is 0 Å². The summed E-state index contributed by atoms with van der Waals surface area (Å²) in [4.78, 5) is 28.0. The van der Waals surface area contributed by atoms with Crippen LogP contribution in [0, 0.1) is 11.3 Å². The largest absolute Gasteiger partial charge is 0.391 e. The Kier molecular flexibility index (Phi) is 5.37. The number of aliphatic hydroxyl groups excluding tert-OH is 1. The van der Waals surface area contributed by atoms with Crippen molar-refractivity contribution >= 4 is 11.8 Å². The number of rotatable bonds is 3. The van der Waals surface area contributed by atoms with E-state index in [9.17, 15) is 14.7 Å². The molecule has 2 aliphatic heterocycles. The van der Waals surface area contributed by atoms with Crippen molar-refractivity contribution in [3.8, 4) is 0 Å². The summed E-state index contributed by atoms with van der Waals surface area (Å²) in [5.41, 5.74) is 0.717. The molecule has 1 N–H and O–H groups in total. The molecule has 7 heteroatoms. The Morgan fingerprint density at radius 1 is 1.35 bits per heavy atom. The van der Waals surface area contributed by atoms with E-state index in [2.05, 4.69) is 19.0 Å². The Balaban J connectivity index is 1.61. The van der Waals surface area contributed by atoms with Gasteiger partial charge in [0, 0.05) is 39.2 Å². The van der Waals surface area contributed by atoms with Crippen molar-refractivity contribution in [2.24, 2.45) is 11.3 Å². The van der Waals surface area contributed by atoms with Crippen molar-refractivity contribution in [1.82, 2.24) is 15.0 Å². The Morgan fingerprint density at radius 2 is 2.04 bits per heavy atom. The highest BCUT2D eigenvalue weighted by Crippen LogP contribution is 2.40. The van der Waals surface area contributed by atoms with Crippen LogP contribution >= 0.6 is 0 Å². The summed E-state index contributed by atoms with van der Waals surface area (Å²) in [6.45, 7) is 8.04. The molecule has 1 unspecified atom stereocenters. The Bertz CT molecular complexity index is 661. The second kappa shape index (κ2) is 7.39. The lowest BCUT2D eigenvalue weighted by Gasteiger charge is -2.48. The van der Waals surface area contributed by atoms with Crippen molar-refractivity contribution in [3.05, 3.63) is 17.5 Å². The van der Waals surface area contributed by atoms with Crippen LogP contribution in [0.25, 0.3) is 0 Å². The fourth-order valence-corrected chi connectivity index (χ4v) is 4.22. The lowest BCUT2D eigenvalue weighted by Crippen LogP contribution is -2.55. The minimum Gasteiger partial charge on any atom is -0.391 e. The highest BCUT2D eigenvalue weighted by atomic mass is 16.5. The van der Waals surface area contributed by atoms with E-state index < -0.39 is 6.10 Å². The Labute approximate surface area is 154 Å². The van der Waals surface area contributed by atoms with Gasteiger partial charge in [-0.2, -0.15) is 0 Å². The molecule has 2 fully saturated rings. The molecule has 144 valence electrons. The van der Waals surface area contributed by atoms with Crippen molar-refractivity contribution in [2.45, 2.75) is 52.6 Å². The number of carbonyl (C=O) groups is 2. The second-order valence-corrected chi connectivity index (χ2v) is 8.33. The first-order chi connectivity index (χ1) is 12.3. The molecule has 26 heavy (non-hydrogen) atoms. The third-order valence-electron chi connectivity index (χ3n) is 5.57. The van der Waals surface area contributed by atoms with Crippen LogP contribution in [0.3, 0.4) is 0 Å². The number of piperidine rings is 2. The summed E-state index contributed by atoms with van der Waals surface area (Å²) < 4.78 is 5.25. The number of aromatic nitrogens is 1. The molecule has 3 rings (SSSR count). The molecule has 0 radical (unpaired) electrons. The number of β-amino-alcohol motifs (C(OH)–C–C–N with tert-alkyl or cyclic N) is 1. The maximum atomic E-state index is 12.7. The monoisotopic (exact) mass is 363 g/mol. The van der Waals surface area contributed by atoms with Gasteiger partial charge in [0.25, 0.3) is 5.91 Å². The SMILES string of the molecule is CC(=O)N1CC(O)CC2(CCN(C(=O)c3cc(CC(C)C)no3)CC2)C1. The number of amides is 2. The zero-order valence-electron chi connectivity index (χ0n) is 15.9. The van der Waals surface area contributed by atoms with Crippen LogP contribution in [-0.4, -0.2) is 64.2 Å². The molecular formula is C19H29N3O4. The zero-order valence-corrected chi connectivity index (χ0v) is 15.9. The Hall–Kier alpha value is -1.89. The van der Waals surface area contributed by atoms with Crippen molar-refractivity contribution in [3.63, 3.8) is 0 Å². The van der Waals surface area contributed by atoms with Crippen LogP contribution in [0.1, 0.15) is 56.3 Å². The van der Waals surface area contributed by atoms with Crippen LogP contribution in [-0.2, 0) is 11.2 Å². The summed E-state index contributed by atoms with van der Waals surface area (Å²) in [6, 6.07) is 1.74. The quantitative estimate of drug-likeness (QED) is 0.883. The standard InChI is InChI=1S/C19H29N3O4/c1-13(2)8-15-9-17(26-20-15)18(25)21-6-4-19(5-7-21)10-16(24)11-22(12-19)14(3)23/h9,13,16,24H,4-8,10-12H2,1-3H3. The summed E-state index contributed by atoms with van der Waals surface area (Å²) in [7, 11) is 0. The van der Waals surface area contributed by atoms with E-state index in [-0.39, 0.29) is 17.2 Å². The van der Waals surface area contributed by atoms with Gasteiger partial charge in [0.1, 0.15) is 0 Å². The van der Waals surface area contributed by atoms with Gasteiger partial charge < -0.3 is 19.4 Å². The zero-order chi connectivity index (χ0) is 18.9. The van der Waals surface area contributed by atoms with E-state index in [1.807, 2.05) is 0 Å². The fraction of sp³-hybridized carbons (Fsp3) is 0.737. The van der Waals surface area contributed by atoms with E-state index in [0.29, 0.717) is 44.3 Å². The first kappa shape index (κ1) is 18.9. The summed E-state index contributed by atoms with van der Waals surface area (Å²) >= 11 is 0. The predicted octanol–water partition coefficient (Wildman–Crippen LogP) is 1.71. The first-order valence-electron chi connectivity index (χ1n) is 9.46. The summed E-state index contributed by atoms with van der Waals surface area (Å²) in [6.07, 6.45) is 2.57. The number of aliphatic hydroxyl groups is 1. The topological polar surface area (TPSA) is 86.9 Å². The van der Waals surface area contributed by atoms with E-state index in [1.54, 1.807) is 22.8 Å². The van der Waals surface area contributed by atoms with E-state index in [0.717, 1.165) is 25.0 Å². The highest BCUT2D eigenvalue weighted by Gasteiger charge is 2.43. The fourth-order valence-electron chi connectivity index (χ4n) is 4.22. The van der Waals surface area contributed by atoms with Gasteiger partial charge >= 0.3 is 0 Å². The molecule has 2 saturated heterocycles. The van der Waals surface area contributed by atoms with Crippen LogP contribution < -0.4 is 0 Å². The molecule has 0 saturated carbocycles. The van der Waals surface area contributed by atoms with Crippen molar-refractivity contribution < 1.29 is 19.2 Å². The average Bonchev–Trinajstić information content (AvgIpc) is 3.02. The van der Waals surface area contributed by atoms with Gasteiger partial charge in [-0.1, -0.05) is 19.0 Å². The molecule has 3 heterocycles. The molecule has 2 aliphatic rings. The first-order valence-corrected chi connectivity index (χ1v) is 9.46. The molecular weight excluding hydrogens is 334 g/mol. The molecule has 0 bridgehead atoms. The van der Waals surface area contributed by atoms with E-state index in [4.69, 9.17) is 4.52 Å². The van der Waals surface area contributed by atoms with Gasteiger partial charge in [-0.3, -0.25) is 9.59 Å². The normalized spacial score (nSPS) is 22.9. The Morgan fingerprint density at radius 3 is 2.65 bits per heavy atom. The number of carbonyl (C=O) groups excluding carboxylic acids is 2. The van der Waals surface area contributed by atoms with Crippen LogP contribution in [0.5, 0.6) is 0 Å². The summed E-state index contributed by atoms with van der Waals surface area (Å²) in [5, 5.41) is 14.2. The number of likely N-dealkylation sites (tertiary alicyclic amines) is 2. The van der Waals surface area contributed by atoms with Gasteiger partial charge in [-0.15, -0.1) is 0 Å². The highest BCUT2D eigenvalue weighted by molar-refractivity contribution is 5.91. The molecule has 7 nitrogen and oxygen atoms in total. The molecule has 2 amide bonds. The minimum absolute atomic E-state index is 0.000901. The lowest BCUT2D eigenvalue weighted by molar-refractivity contribution is -0.137. The smallest absolute Gasteiger partial charge is 0.292 e. The summed E-state index contributed by atoms with van der Waals surface area (Å²) in [5.74, 6) is 0.633. The van der Waals surface area contributed by atoms with Crippen LogP contribution in [0.2, 0.25) is 0 Å². The molecule has 0 aromatic carbocycles. The molecule has 1 aromatic heterocycles. The minimum atomic E-state index is -0.484. The third kappa shape index (κ3) is 4.09. The van der Waals surface area contributed by atoms with Crippen molar-refractivity contribution in [2.75, 3.05) is 26.2 Å². The van der Waals surface area contributed by atoms with Crippen LogP contribution in [0.4, 0.5) is 0 Å². The van der Waals surface area contributed by atoms with Gasteiger partial charge in [-0.25, -0.2) is 0 Å². The van der Waals surface area contributed by atoms with Crippen LogP contribution in [0.15, 0.2) is 10.6 Å². The van der Waals surface area contributed by atoms with Gasteiger partial charge in [-0.05, 0) is 37.0 Å². The maximum absolute atomic E-state index is 12.7. The maximum Gasteiger partial charge on any atom is 0.292 e. The van der Waals surface area contributed by atoms with Gasteiger partial charge in [0.05, 0.1) is 11.8 Å². The number of hydrogen-bond acceptors (Lipinski definition) is 5. The van der Waals surface area contributed by atoms with E-state index in [1.165, 1.54) is 0 Å². The number of hydrogen-bond donors (Lipinski definition) is 1. The molecule has 1 atom stereocenters. The molecule has 1 aromatic rings. The van der Waals surface area contributed by atoms with Gasteiger partial charge in [0.2, 0.25) is 11.7 Å². The third-order valence-corrected chi connectivity index (χ3v) is 5.57. The second-order valence-electron chi connectivity index (χ2n) is 8.33. The molecule has 1 spiro atoms.